The number of alkyl halides is 3. The van der Waals surface area contributed by atoms with Crippen LogP contribution in [0.5, 0.6) is 5.75 Å². The van der Waals surface area contributed by atoms with Crippen molar-refractivity contribution in [1.29, 1.82) is 0 Å². The highest BCUT2D eigenvalue weighted by Gasteiger charge is 2.30. The zero-order chi connectivity index (χ0) is 20.7. The Kier molecular flexibility index (Phi) is 7.44. The lowest BCUT2D eigenvalue weighted by Crippen LogP contribution is -2.20. The summed E-state index contributed by atoms with van der Waals surface area (Å²) in [5.74, 6) is 0.406. The highest BCUT2D eigenvalue weighted by atomic mass is 32.2. The largest absolute Gasteiger partial charge is 0.484 e. The molecule has 0 aliphatic carbocycles. The van der Waals surface area contributed by atoms with Gasteiger partial charge in [-0.05, 0) is 48.7 Å². The molecular weight excluding hydrogens is 403 g/mol. The molecule has 0 spiro atoms. The fraction of sp³-hybridized carbons (Fsp3) is 0.381. The second-order valence-electron chi connectivity index (χ2n) is 6.69. The second kappa shape index (κ2) is 10.0. The van der Waals surface area contributed by atoms with E-state index in [4.69, 9.17) is 9.47 Å². The van der Waals surface area contributed by atoms with Gasteiger partial charge in [-0.3, -0.25) is 4.79 Å². The molecule has 1 aliphatic heterocycles. The molecule has 0 saturated carbocycles. The summed E-state index contributed by atoms with van der Waals surface area (Å²) in [7, 11) is 0. The topological polar surface area (TPSA) is 47.6 Å². The summed E-state index contributed by atoms with van der Waals surface area (Å²) in [4.78, 5) is 12.1. The van der Waals surface area contributed by atoms with Gasteiger partial charge in [0.1, 0.15) is 5.75 Å². The third-order valence-corrected chi connectivity index (χ3v) is 5.84. The van der Waals surface area contributed by atoms with Crippen LogP contribution in [0, 0.1) is 0 Å². The zero-order valence-corrected chi connectivity index (χ0v) is 16.5. The molecule has 0 unspecified atom stereocenters. The number of carbonyl (C=O) groups excluding carboxylic acids is 1. The highest BCUT2D eigenvalue weighted by Crippen LogP contribution is 2.31. The van der Waals surface area contributed by atoms with E-state index in [0.717, 1.165) is 49.5 Å². The van der Waals surface area contributed by atoms with Crippen molar-refractivity contribution in [3.05, 3.63) is 59.7 Å². The molecule has 2 aromatic rings. The molecule has 2 aromatic carbocycles. The van der Waals surface area contributed by atoms with E-state index in [0.29, 0.717) is 10.9 Å². The maximum absolute atomic E-state index is 12.7. The minimum absolute atomic E-state index is 0.00316. The van der Waals surface area contributed by atoms with Gasteiger partial charge < -0.3 is 14.8 Å². The Morgan fingerprint density at radius 3 is 2.66 bits per heavy atom. The Bertz CT molecular complexity index is 823. The standard InChI is InChI=1S/C21H22F3NO3S/c22-21(23,24)16-4-2-6-18(12-16)28-13-20(26)25-17-5-1-3-15(11-17)14-29-19-7-9-27-10-8-19/h1-6,11-12,19H,7-10,13-14H2,(H,25,26). The van der Waals surface area contributed by atoms with Crippen LogP contribution in [0.2, 0.25) is 0 Å². The average molecular weight is 425 g/mol. The van der Waals surface area contributed by atoms with E-state index in [1.165, 1.54) is 12.1 Å². The first kappa shape index (κ1) is 21.5. The predicted octanol–water partition coefficient (Wildman–Crippen LogP) is 5.14. The minimum atomic E-state index is -4.45. The fourth-order valence-electron chi connectivity index (χ4n) is 2.90. The molecule has 4 nitrogen and oxygen atoms in total. The number of nitrogens with one attached hydrogen (secondary N) is 1. The Balaban J connectivity index is 1.49. The number of hydrogen-bond acceptors (Lipinski definition) is 4. The minimum Gasteiger partial charge on any atom is -0.484 e. The van der Waals surface area contributed by atoms with Crippen LogP contribution in [0.25, 0.3) is 0 Å². The number of thioether (sulfide) groups is 1. The van der Waals surface area contributed by atoms with Gasteiger partial charge in [0.15, 0.2) is 6.61 Å². The van der Waals surface area contributed by atoms with Crippen molar-refractivity contribution >= 4 is 23.4 Å². The molecule has 1 heterocycles. The molecule has 0 radical (unpaired) electrons. The summed E-state index contributed by atoms with van der Waals surface area (Å²) in [6, 6.07) is 12.0. The van der Waals surface area contributed by atoms with E-state index in [1.54, 1.807) is 6.07 Å². The lowest BCUT2D eigenvalue weighted by molar-refractivity contribution is -0.137. The lowest BCUT2D eigenvalue weighted by Gasteiger charge is -2.21. The molecule has 3 rings (SSSR count). The number of benzene rings is 2. The van der Waals surface area contributed by atoms with Crippen molar-refractivity contribution in [3.63, 3.8) is 0 Å². The van der Waals surface area contributed by atoms with Crippen LogP contribution in [0.3, 0.4) is 0 Å². The van der Waals surface area contributed by atoms with Gasteiger partial charge in [-0.25, -0.2) is 0 Å². The van der Waals surface area contributed by atoms with Crippen LogP contribution >= 0.6 is 11.8 Å². The molecule has 156 valence electrons. The molecule has 8 heteroatoms. The van der Waals surface area contributed by atoms with Crippen molar-refractivity contribution in [2.45, 2.75) is 30.0 Å². The molecule has 29 heavy (non-hydrogen) atoms. The van der Waals surface area contributed by atoms with Crippen LogP contribution in [-0.4, -0.2) is 31.0 Å². The van der Waals surface area contributed by atoms with Crippen molar-refractivity contribution in [3.8, 4) is 5.75 Å². The average Bonchev–Trinajstić information content (AvgIpc) is 2.71. The zero-order valence-electron chi connectivity index (χ0n) is 15.7. The van der Waals surface area contributed by atoms with Crippen LogP contribution in [-0.2, 0) is 21.5 Å². The normalized spacial score (nSPS) is 15.1. The summed E-state index contributed by atoms with van der Waals surface area (Å²) < 4.78 is 48.8. The number of halogens is 3. The first-order valence-corrected chi connectivity index (χ1v) is 10.3. The van der Waals surface area contributed by atoms with E-state index >= 15 is 0 Å². The number of rotatable bonds is 7. The van der Waals surface area contributed by atoms with E-state index in [1.807, 2.05) is 30.0 Å². The molecular formula is C21H22F3NO3S. The van der Waals surface area contributed by atoms with Gasteiger partial charge in [-0.1, -0.05) is 18.2 Å². The quantitative estimate of drug-likeness (QED) is 0.668. The molecule has 1 aliphatic rings. The van der Waals surface area contributed by atoms with Crippen molar-refractivity contribution in [1.82, 2.24) is 0 Å². The van der Waals surface area contributed by atoms with Crippen LogP contribution < -0.4 is 10.1 Å². The van der Waals surface area contributed by atoms with Gasteiger partial charge in [0.2, 0.25) is 0 Å². The third-order valence-electron chi connectivity index (χ3n) is 4.40. The smallest absolute Gasteiger partial charge is 0.416 e. The van der Waals surface area contributed by atoms with Crippen molar-refractivity contribution in [2.24, 2.45) is 0 Å². The summed E-state index contributed by atoms with van der Waals surface area (Å²) in [6.07, 6.45) is -2.35. The lowest BCUT2D eigenvalue weighted by atomic mass is 10.2. The van der Waals surface area contributed by atoms with Crippen LogP contribution in [0.4, 0.5) is 18.9 Å². The highest BCUT2D eigenvalue weighted by molar-refractivity contribution is 7.99. The second-order valence-corrected chi connectivity index (χ2v) is 7.97. The van der Waals surface area contributed by atoms with E-state index in [2.05, 4.69) is 5.32 Å². The van der Waals surface area contributed by atoms with Crippen molar-refractivity contribution in [2.75, 3.05) is 25.1 Å². The number of ether oxygens (including phenoxy) is 2. The summed E-state index contributed by atoms with van der Waals surface area (Å²) >= 11 is 1.88. The predicted molar refractivity (Wildman–Crippen MR) is 107 cm³/mol. The van der Waals surface area contributed by atoms with E-state index < -0.39 is 17.6 Å². The van der Waals surface area contributed by atoms with Gasteiger partial charge in [0.05, 0.1) is 5.56 Å². The molecule has 1 saturated heterocycles. The SMILES string of the molecule is O=C(COc1cccc(C(F)(F)F)c1)Nc1cccc(CSC2CCOCC2)c1. The molecule has 1 amide bonds. The summed E-state index contributed by atoms with van der Waals surface area (Å²) in [6.45, 7) is 1.24. The Morgan fingerprint density at radius 2 is 1.90 bits per heavy atom. The maximum Gasteiger partial charge on any atom is 0.416 e. The molecule has 0 bridgehead atoms. The Hall–Kier alpha value is -2.19. The summed E-state index contributed by atoms with van der Waals surface area (Å²) in [5, 5.41) is 3.31. The van der Waals surface area contributed by atoms with E-state index in [-0.39, 0.29) is 12.4 Å². The van der Waals surface area contributed by atoms with E-state index in [9.17, 15) is 18.0 Å². The number of hydrogen-bond donors (Lipinski definition) is 1. The first-order chi connectivity index (χ1) is 13.9. The maximum atomic E-state index is 12.7. The number of anilines is 1. The van der Waals surface area contributed by atoms with Crippen LogP contribution in [0.1, 0.15) is 24.0 Å². The van der Waals surface area contributed by atoms with Gasteiger partial charge in [-0.2, -0.15) is 24.9 Å². The van der Waals surface area contributed by atoms with Gasteiger partial charge in [-0.15, -0.1) is 0 Å². The van der Waals surface area contributed by atoms with Gasteiger partial charge >= 0.3 is 6.18 Å². The van der Waals surface area contributed by atoms with Crippen LogP contribution in [0.15, 0.2) is 48.5 Å². The third kappa shape index (κ3) is 6.97. The molecule has 0 aromatic heterocycles. The first-order valence-electron chi connectivity index (χ1n) is 9.28. The molecule has 1 fully saturated rings. The number of amides is 1. The van der Waals surface area contributed by atoms with Gasteiger partial charge in [0.25, 0.3) is 5.91 Å². The molecule has 0 atom stereocenters. The van der Waals surface area contributed by atoms with Crippen molar-refractivity contribution < 1.29 is 27.4 Å². The Labute approximate surface area is 171 Å². The number of carbonyl (C=O) groups is 1. The van der Waals surface area contributed by atoms with Gasteiger partial charge in [0, 0.05) is 29.9 Å². The Morgan fingerprint density at radius 1 is 1.14 bits per heavy atom. The summed E-state index contributed by atoms with van der Waals surface area (Å²) in [5.41, 5.74) is 0.913. The molecule has 1 N–H and O–H groups in total. The fourth-order valence-corrected chi connectivity index (χ4v) is 4.04. The monoisotopic (exact) mass is 425 g/mol.